The number of likely N-dealkylation sites (tertiary alicyclic amines) is 1. The van der Waals surface area contributed by atoms with E-state index >= 15 is 0 Å². The lowest BCUT2D eigenvalue weighted by atomic mass is 10.4. The van der Waals surface area contributed by atoms with Crippen molar-refractivity contribution < 1.29 is 14.4 Å². The van der Waals surface area contributed by atoms with E-state index in [9.17, 15) is 14.4 Å². The summed E-state index contributed by atoms with van der Waals surface area (Å²) in [7, 11) is 0. The summed E-state index contributed by atoms with van der Waals surface area (Å²) >= 11 is 0. The van der Waals surface area contributed by atoms with Gasteiger partial charge >= 0.3 is 0 Å². The first-order valence-corrected chi connectivity index (χ1v) is 4.89. The quantitative estimate of drug-likeness (QED) is 0.493. The maximum atomic E-state index is 11.3. The zero-order chi connectivity index (χ0) is 11.5. The lowest BCUT2D eigenvalue weighted by Gasteiger charge is -2.12. The van der Waals surface area contributed by atoms with Gasteiger partial charge in [-0.05, 0) is 0 Å². The van der Waals surface area contributed by atoms with Crippen molar-refractivity contribution >= 4 is 18.1 Å². The molecule has 2 heterocycles. The van der Waals surface area contributed by atoms with E-state index in [4.69, 9.17) is 0 Å². The van der Waals surface area contributed by atoms with E-state index in [0.717, 1.165) is 0 Å². The largest absolute Gasteiger partial charge is 0.296 e. The number of carbonyl (C=O) groups is 3. The van der Waals surface area contributed by atoms with Crippen LogP contribution < -0.4 is 0 Å². The molecule has 0 radical (unpaired) electrons. The van der Waals surface area contributed by atoms with E-state index in [2.05, 4.69) is 10.3 Å². The van der Waals surface area contributed by atoms with E-state index in [1.165, 1.54) is 15.8 Å². The minimum Gasteiger partial charge on any atom is -0.296 e. The Morgan fingerprint density at radius 3 is 2.50 bits per heavy atom. The van der Waals surface area contributed by atoms with E-state index in [1.54, 1.807) is 0 Å². The normalized spacial score (nSPS) is 15.9. The molecule has 0 bridgehead atoms. The van der Waals surface area contributed by atoms with Crippen LogP contribution in [0.15, 0.2) is 6.20 Å². The molecule has 0 saturated carbocycles. The fourth-order valence-electron chi connectivity index (χ4n) is 1.55. The maximum absolute atomic E-state index is 11.3. The smallest absolute Gasteiger partial charge is 0.229 e. The third kappa shape index (κ3) is 1.97. The van der Waals surface area contributed by atoms with Crippen LogP contribution in [0.4, 0.5) is 0 Å². The number of nitrogens with zero attached hydrogens (tertiary/aromatic N) is 4. The Balaban J connectivity index is 1.94. The van der Waals surface area contributed by atoms with Gasteiger partial charge in [0, 0.05) is 19.4 Å². The van der Waals surface area contributed by atoms with Gasteiger partial charge in [-0.25, -0.2) is 0 Å². The third-order valence-electron chi connectivity index (χ3n) is 2.38. The van der Waals surface area contributed by atoms with Crippen LogP contribution in [0.3, 0.4) is 0 Å². The molecular weight excluding hydrogens is 212 g/mol. The van der Waals surface area contributed by atoms with Crippen LogP contribution in [0, 0.1) is 0 Å². The van der Waals surface area contributed by atoms with Crippen LogP contribution in [0.25, 0.3) is 0 Å². The number of imide groups is 1. The number of amides is 2. The molecule has 7 nitrogen and oxygen atoms in total. The number of rotatable bonds is 4. The molecule has 1 aromatic heterocycles. The fraction of sp³-hybridized carbons (Fsp3) is 0.444. The van der Waals surface area contributed by atoms with Gasteiger partial charge in [0.25, 0.3) is 0 Å². The first-order valence-electron chi connectivity index (χ1n) is 4.89. The van der Waals surface area contributed by atoms with Gasteiger partial charge in [-0.3, -0.25) is 24.0 Å². The molecule has 2 amide bonds. The van der Waals surface area contributed by atoms with Crippen molar-refractivity contribution in [1.29, 1.82) is 0 Å². The molecule has 1 aromatic rings. The van der Waals surface area contributed by atoms with Crippen molar-refractivity contribution in [3.63, 3.8) is 0 Å². The molecule has 1 saturated heterocycles. The second kappa shape index (κ2) is 4.21. The molecule has 0 aromatic carbocycles. The summed E-state index contributed by atoms with van der Waals surface area (Å²) in [5, 5.41) is 7.26. The molecule has 0 atom stereocenters. The highest BCUT2D eigenvalue weighted by Crippen LogP contribution is 2.11. The summed E-state index contributed by atoms with van der Waals surface area (Å²) in [5.74, 6) is -0.304. The fourth-order valence-corrected chi connectivity index (χ4v) is 1.55. The Morgan fingerprint density at radius 1 is 1.25 bits per heavy atom. The van der Waals surface area contributed by atoms with Gasteiger partial charge in [-0.15, -0.1) is 5.10 Å². The van der Waals surface area contributed by atoms with Crippen molar-refractivity contribution in [1.82, 2.24) is 19.9 Å². The number of aldehydes is 1. The number of aromatic nitrogens is 3. The van der Waals surface area contributed by atoms with Gasteiger partial charge in [0.15, 0.2) is 6.29 Å². The van der Waals surface area contributed by atoms with Gasteiger partial charge in [0.1, 0.15) is 5.69 Å². The summed E-state index contributed by atoms with van der Waals surface area (Å²) in [5.41, 5.74) is 0.235. The highest BCUT2D eigenvalue weighted by atomic mass is 16.2. The minimum atomic E-state index is -0.152. The molecule has 1 aliphatic heterocycles. The van der Waals surface area contributed by atoms with Crippen LogP contribution in [0.2, 0.25) is 0 Å². The third-order valence-corrected chi connectivity index (χ3v) is 2.38. The predicted molar refractivity (Wildman–Crippen MR) is 51.4 cm³/mol. The first kappa shape index (κ1) is 10.5. The second-order valence-electron chi connectivity index (χ2n) is 3.46. The second-order valence-corrected chi connectivity index (χ2v) is 3.46. The lowest BCUT2D eigenvalue weighted by Crippen LogP contribution is -2.32. The molecule has 84 valence electrons. The van der Waals surface area contributed by atoms with Crippen LogP contribution >= 0.6 is 0 Å². The topological polar surface area (TPSA) is 85.2 Å². The summed E-state index contributed by atoms with van der Waals surface area (Å²) < 4.78 is 1.43. The van der Waals surface area contributed by atoms with Crippen LogP contribution in [0.5, 0.6) is 0 Å². The molecule has 1 fully saturated rings. The molecule has 16 heavy (non-hydrogen) atoms. The average Bonchev–Trinajstić information content (AvgIpc) is 2.85. The Hall–Kier alpha value is -2.05. The summed E-state index contributed by atoms with van der Waals surface area (Å²) in [6, 6.07) is 0. The highest BCUT2D eigenvalue weighted by Gasteiger charge is 2.28. The highest BCUT2D eigenvalue weighted by molar-refractivity contribution is 6.01. The van der Waals surface area contributed by atoms with Crippen molar-refractivity contribution in [2.45, 2.75) is 19.4 Å². The number of hydrogen-bond acceptors (Lipinski definition) is 5. The van der Waals surface area contributed by atoms with Gasteiger partial charge in [0.2, 0.25) is 11.8 Å². The Labute approximate surface area is 91.0 Å². The standard InChI is InChI=1S/C9H10N4O3/c14-6-7-5-12(11-10-7)3-4-13-8(15)1-2-9(13)16/h5-6H,1-4H2. The Bertz CT molecular complexity index is 424. The molecule has 0 aliphatic carbocycles. The van der Waals surface area contributed by atoms with E-state index in [-0.39, 0.29) is 36.9 Å². The van der Waals surface area contributed by atoms with E-state index in [1.807, 2.05) is 0 Å². The van der Waals surface area contributed by atoms with E-state index < -0.39 is 0 Å². The molecular formula is C9H10N4O3. The molecule has 0 unspecified atom stereocenters. The summed E-state index contributed by atoms with van der Waals surface area (Å²) in [6.07, 6.45) is 2.64. The summed E-state index contributed by atoms with van der Waals surface area (Å²) in [4.78, 5) is 34.1. The van der Waals surface area contributed by atoms with Crippen molar-refractivity contribution in [3.05, 3.63) is 11.9 Å². The minimum absolute atomic E-state index is 0.152. The monoisotopic (exact) mass is 222 g/mol. The predicted octanol–water partition coefficient (Wildman–Crippen LogP) is -0.760. The Morgan fingerprint density at radius 2 is 1.94 bits per heavy atom. The van der Waals surface area contributed by atoms with E-state index in [0.29, 0.717) is 12.8 Å². The molecule has 0 spiro atoms. The van der Waals surface area contributed by atoms with Crippen LogP contribution in [0.1, 0.15) is 23.3 Å². The van der Waals surface area contributed by atoms with Gasteiger partial charge in [0.05, 0.1) is 12.7 Å². The van der Waals surface area contributed by atoms with Crippen molar-refractivity contribution in [3.8, 4) is 0 Å². The molecule has 7 heteroatoms. The Kier molecular flexibility index (Phi) is 2.76. The lowest BCUT2D eigenvalue weighted by molar-refractivity contribution is -0.138. The summed E-state index contributed by atoms with van der Waals surface area (Å²) in [6.45, 7) is 0.637. The van der Waals surface area contributed by atoms with Gasteiger partial charge in [-0.1, -0.05) is 5.21 Å². The van der Waals surface area contributed by atoms with Crippen molar-refractivity contribution in [2.75, 3.05) is 6.54 Å². The van der Waals surface area contributed by atoms with Crippen LogP contribution in [-0.2, 0) is 16.1 Å². The maximum Gasteiger partial charge on any atom is 0.229 e. The van der Waals surface area contributed by atoms with Gasteiger partial charge in [-0.2, -0.15) is 0 Å². The van der Waals surface area contributed by atoms with Crippen molar-refractivity contribution in [2.24, 2.45) is 0 Å². The molecule has 2 rings (SSSR count). The first-order chi connectivity index (χ1) is 7.70. The van der Waals surface area contributed by atoms with Gasteiger partial charge < -0.3 is 0 Å². The van der Waals surface area contributed by atoms with Crippen LogP contribution in [-0.4, -0.2) is 44.5 Å². The molecule has 0 N–H and O–H groups in total. The number of hydrogen-bond donors (Lipinski definition) is 0. The number of carbonyl (C=O) groups excluding carboxylic acids is 3. The SMILES string of the molecule is O=Cc1cn(CCN2C(=O)CCC2=O)nn1. The average molecular weight is 222 g/mol. The zero-order valence-electron chi connectivity index (χ0n) is 8.50. The zero-order valence-corrected chi connectivity index (χ0v) is 8.50. The molecule has 1 aliphatic rings.